The van der Waals surface area contributed by atoms with E-state index in [4.69, 9.17) is 0 Å². The Hall–Kier alpha value is -1.58. The summed E-state index contributed by atoms with van der Waals surface area (Å²) >= 11 is 0. The molecule has 1 fully saturated rings. The Bertz CT molecular complexity index is 540. The van der Waals surface area contributed by atoms with Gasteiger partial charge in [-0.25, -0.2) is 4.98 Å². The first-order valence-corrected chi connectivity index (χ1v) is 6.80. The van der Waals surface area contributed by atoms with E-state index >= 15 is 0 Å². The van der Waals surface area contributed by atoms with Crippen LogP contribution in [0, 0.1) is 6.92 Å². The molecule has 0 bridgehead atoms. The molecule has 0 unspecified atom stereocenters. The van der Waals surface area contributed by atoms with Gasteiger partial charge in [0.25, 0.3) is 0 Å². The molecule has 3 rings (SSSR count). The summed E-state index contributed by atoms with van der Waals surface area (Å²) in [5.41, 5.74) is 2.12. The molecule has 4 nitrogen and oxygen atoms in total. The first kappa shape index (κ1) is 11.5. The van der Waals surface area contributed by atoms with Crippen LogP contribution >= 0.6 is 0 Å². The number of H-pyrrole nitrogens is 1. The van der Waals surface area contributed by atoms with Crippen molar-refractivity contribution in [3.05, 3.63) is 18.0 Å². The Labute approximate surface area is 107 Å². The van der Waals surface area contributed by atoms with Crippen molar-refractivity contribution in [3.63, 3.8) is 0 Å². The Balaban J connectivity index is 1.99. The number of hydrogen-bond acceptors (Lipinski definition) is 3. The minimum absolute atomic E-state index is 0.631. The van der Waals surface area contributed by atoms with E-state index in [0.717, 1.165) is 17.0 Å². The largest absolute Gasteiger partial charge is 0.356 e. The maximum atomic E-state index is 4.58. The van der Waals surface area contributed by atoms with Crippen molar-refractivity contribution < 1.29 is 0 Å². The molecule has 0 aromatic carbocycles. The number of hydrogen-bond donors (Lipinski definition) is 1. The summed E-state index contributed by atoms with van der Waals surface area (Å²) in [6.45, 7) is 2.04. The third-order valence-electron chi connectivity index (χ3n) is 4.09. The summed E-state index contributed by atoms with van der Waals surface area (Å²) in [6.07, 6.45) is 8.50. The van der Waals surface area contributed by atoms with E-state index in [0.29, 0.717) is 6.04 Å². The van der Waals surface area contributed by atoms with Gasteiger partial charge >= 0.3 is 0 Å². The van der Waals surface area contributed by atoms with Crippen LogP contribution in [0.15, 0.2) is 12.3 Å². The van der Waals surface area contributed by atoms with Crippen molar-refractivity contribution >= 4 is 16.7 Å². The van der Waals surface area contributed by atoms with Crippen LogP contribution in [0.3, 0.4) is 0 Å². The quantitative estimate of drug-likeness (QED) is 0.883. The van der Waals surface area contributed by atoms with Crippen LogP contribution in [-0.4, -0.2) is 28.3 Å². The van der Waals surface area contributed by atoms with Crippen LogP contribution in [0.4, 0.5) is 5.82 Å². The summed E-state index contributed by atoms with van der Waals surface area (Å²) in [6, 6.07) is 2.62. The number of fused-ring (bicyclic) bond motifs is 1. The third kappa shape index (κ3) is 1.85. The number of nitrogens with one attached hydrogen (secondary N) is 1. The van der Waals surface area contributed by atoms with Gasteiger partial charge in [0.15, 0.2) is 0 Å². The van der Waals surface area contributed by atoms with Crippen LogP contribution in [-0.2, 0) is 0 Å². The summed E-state index contributed by atoms with van der Waals surface area (Å²) in [4.78, 5) is 6.93. The maximum absolute atomic E-state index is 4.58. The Morgan fingerprint density at radius 2 is 2.06 bits per heavy atom. The fourth-order valence-corrected chi connectivity index (χ4v) is 3.01. The van der Waals surface area contributed by atoms with Crippen molar-refractivity contribution in [1.82, 2.24) is 15.2 Å². The van der Waals surface area contributed by atoms with Crippen LogP contribution in [0.5, 0.6) is 0 Å². The molecule has 4 heteroatoms. The van der Waals surface area contributed by atoms with Gasteiger partial charge in [-0.3, -0.25) is 5.10 Å². The van der Waals surface area contributed by atoms with Crippen molar-refractivity contribution in [1.29, 1.82) is 0 Å². The molecule has 1 aliphatic carbocycles. The first-order valence-electron chi connectivity index (χ1n) is 6.80. The monoisotopic (exact) mass is 244 g/mol. The van der Waals surface area contributed by atoms with E-state index in [1.54, 1.807) is 0 Å². The fraction of sp³-hybridized carbons (Fsp3) is 0.571. The zero-order chi connectivity index (χ0) is 12.5. The number of anilines is 1. The second-order valence-electron chi connectivity index (χ2n) is 5.27. The average molecular weight is 244 g/mol. The molecule has 0 amide bonds. The highest BCUT2D eigenvalue weighted by atomic mass is 15.2. The molecule has 0 spiro atoms. The molecule has 1 aliphatic rings. The number of nitrogens with zero attached hydrogens (tertiary/aromatic N) is 3. The average Bonchev–Trinajstić information content (AvgIpc) is 2.81. The molecule has 2 aromatic heterocycles. The smallest absolute Gasteiger partial charge is 0.139 e. The highest BCUT2D eigenvalue weighted by Crippen LogP contribution is 2.30. The van der Waals surface area contributed by atoms with Crippen LogP contribution in [0.1, 0.15) is 37.8 Å². The zero-order valence-electron chi connectivity index (χ0n) is 11.1. The van der Waals surface area contributed by atoms with Crippen molar-refractivity contribution in [2.75, 3.05) is 11.9 Å². The van der Waals surface area contributed by atoms with E-state index in [1.165, 1.54) is 37.5 Å². The molecular formula is C14H20N4. The number of rotatable bonds is 2. The molecule has 0 aliphatic heterocycles. The number of pyridine rings is 1. The SMILES string of the molecule is Cc1n[nH]c2ccnc(N(C)C3CCCCC3)c12. The third-order valence-corrected chi connectivity index (χ3v) is 4.09. The summed E-state index contributed by atoms with van der Waals surface area (Å²) in [5.74, 6) is 1.07. The number of aryl methyl sites for hydroxylation is 1. The number of aromatic amines is 1. The van der Waals surface area contributed by atoms with Crippen molar-refractivity contribution in [3.8, 4) is 0 Å². The lowest BCUT2D eigenvalue weighted by molar-refractivity contribution is 0.426. The second kappa shape index (κ2) is 4.59. The van der Waals surface area contributed by atoms with E-state index < -0.39 is 0 Å². The Kier molecular flexibility index (Phi) is 2.94. The van der Waals surface area contributed by atoms with Gasteiger partial charge in [-0.2, -0.15) is 5.10 Å². The van der Waals surface area contributed by atoms with Gasteiger partial charge in [-0.15, -0.1) is 0 Å². The molecule has 0 saturated heterocycles. The molecule has 18 heavy (non-hydrogen) atoms. The standard InChI is InChI=1S/C14H20N4/c1-10-13-12(17-16-10)8-9-15-14(13)18(2)11-6-4-3-5-7-11/h8-9,11H,3-7H2,1-2H3,(H,16,17). The van der Waals surface area contributed by atoms with Gasteiger partial charge in [0.1, 0.15) is 5.82 Å². The van der Waals surface area contributed by atoms with Gasteiger partial charge in [0.2, 0.25) is 0 Å². The minimum atomic E-state index is 0.631. The lowest BCUT2D eigenvalue weighted by Gasteiger charge is -2.32. The van der Waals surface area contributed by atoms with Gasteiger partial charge in [0.05, 0.1) is 16.6 Å². The lowest BCUT2D eigenvalue weighted by atomic mass is 9.94. The van der Waals surface area contributed by atoms with Gasteiger partial charge in [0, 0.05) is 19.3 Å². The van der Waals surface area contributed by atoms with Crippen LogP contribution in [0.25, 0.3) is 10.9 Å². The first-order chi connectivity index (χ1) is 8.77. The highest BCUT2D eigenvalue weighted by molar-refractivity contribution is 5.91. The lowest BCUT2D eigenvalue weighted by Crippen LogP contribution is -2.34. The predicted octanol–water partition coefficient (Wildman–Crippen LogP) is 3.04. The summed E-state index contributed by atoms with van der Waals surface area (Å²) < 4.78 is 0. The molecule has 1 N–H and O–H groups in total. The van der Waals surface area contributed by atoms with Gasteiger partial charge in [-0.05, 0) is 25.8 Å². The maximum Gasteiger partial charge on any atom is 0.139 e. The van der Waals surface area contributed by atoms with E-state index in [1.807, 2.05) is 19.2 Å². The molecule has 2 heterocycles. The minimum Gasteiger partial charge on any atom is -0.356 e. The van der Waals surface area contributed by atoms with Gasteiger partial charge in [-0.1, -0.05) is 19.3 Å². The van der Waals surface area contributed by atoms with E-state index in [9.17, 15) is 0 Å². The van der Waals surface area contributed by atoms with E-state index in [-0.39, 0.29) is 0 Å². The molecular weight excluding hydrogens is 224 g/mol. The topological polar surface area (TPSA) is 44.8 Å². The highest BCUT2D eigenvalue weighted by Gasteiger charge is 2.21. The zero-order valence-corrected chi connectivity index (χ0v) is 11.1. The Morgan fingerprint density at radius 3 is 2.83 bits per heavy atom. The fourth-order valence-electron chi connectivity index (χ4n) is 3.01. The molecule has 1 saturated carbocycles. The molecule has 96 valence electrons. The van der Waals surface area contributed by atoms with Crippen molar-refractivity contribution in [2.45, 2.75) is 45.1 Å². The van der Waals surface area contributed by atoms with Crippen LogP contribution in [0.2, 0.25) is 0 Å². The predicted molar refractivity (Wildman–Crippen MR) is 73.9 cm³/mol. The second-order valence-corrected chi connectivity index (χ2v) is 5.27. The molecule has 0 atom stereocenters. The summed E-state index contributed by atoms with van der Waals surface area (Å²) in [7, 11) is 2.17. The van der Waals surface area contributed by atoms with Crippen molar-refractivity contribution in [2.24, 2.45) is 0 Å². The summed E-state index contributed by atoms with van der Waals surface area (Å²) in [5, 5.41) is 8.53. The van der Waals surface area contributed by atoms with Gasteiger partial charge < -0.3 is 4.90 Å². The molecule has 2 aromatic rings. The molecule has 0 radical (unpaired) electrons. The van der Waals surface area contributed by atoms with Crippen LogP contribution < -0.4 is 4.90 Å². The number of aromatic nitrogens is 3. The normalized spacial score (nSPS) is 17.2. The Morgan fingerprint density at radius 1 is 1.28 bits per heavy atom. The van der Waals surface area contributed by atoms with E-state index in [2.05, 4.69) is 27.1 Å².